The zero-order valence-electron chi connectivity index (χ0n) is 12.2. The lowest BCUT2D eigenvalue weighted by Crippen LogP contribution is -2.35. The number of hydrogen-bond acceptors (Lipinski definition) is 4. The molecule has 1 saturated heterocycles. The van der Waals surface area contributed by atoms with Crippen LogP contribution < -0.4 is 9.47 Å². The summed E-state index contributed by atoms with van der Waals surface area (Å²) in [5, 5.41) is 0. The number of halogens is 1. The van der Waals surface area contributed by atoms with Crippen LogP contribution in [0.2, 0.25) is 0 Å². The molecule has 0 aromatic heterocycles. The number of ketones is 1. The summed E-state index contributed by atoms with van der Waals surface area (Å²) in [7, 11) is 2.14. The third kappa shape index (κ3) is 3.24. The number of nitrogens with zero attached hydrogens (tertiary/aromatic N) is 1. The van der Waals surface area contributed by atoms with Crippen LogP contribution in [0, 0.1) is 5.92 Å². The van der Waals surface area contributed by atoms with Gasteiger partial charge in [-0.1, -0.05) is 6.07 Å². The number of Topliss-reactive ketones (excluding diaryl/α,β-unsaturated/α-hetero) is 1. The molecule has 2 heterocycles. The largest absolute Gasteiger partial charge is 0.454 e. The van der Waals surface area contributed by atoms with Gasteiger partial charge >= 0.3 is 0 Å². The van der Waals surface area contributed by atoms with Gasteiger partial charge in [-0.25, -0.2) is 0 Å². The molecule has 1 aromatic rings. The number of likely N-dealkylation sites (tertiary alicyclic amines) is 1. The SMILES string of the molecule is Brc1cccc2c1OCO2.CN1CCC2CCC(=O)CC21. The van der Waals surface area contributed by atoms with E-state index in [9.17, 15) is 4.79 Å². The van der Waals surface area contributed by atoms with Crippen LogP contribution >= 0.6 is 15.9 Å². The summed E-state index contributed by atoms with van der Waals surface area (Å²) >= 11 is 3.34. The van der Waals surface area contributed by atoms with Crippen LogP contribution in [0.1, 0.15) is 25.7 Å². The van der Waals surface area contributed by atoms with Gasteiger partial charge in [0.25, 0.3) is 0 Å². The topological polar surface area (TPSA) is 38.8 Å². The van der Waals surface area contributed by atoms with Crippen molar-refractivity contribution in [3.63, 3.8) is 0 Å². The molecule has 2 fully saturated rings. The minimum Gasteiger partial charge on any atom is -0.454 e. The molecule has 3 aliphatic rings. The van der Waals surface area contributed by atoms with Gasteiger partial charge in [-0.2, -0.15) is 0 Å². The highest BCUT2D eigenvalue weighted by Gasteiger charge is 2.36. The van der Waals surface area contributed by atoms with Gasteiger partial charge in [-0.3, -0.25) is 4.79 Å². The van der Waals surface area contributed by atoms with Crippen LogP contribution in [0.3, 0.4) is 0 Å². The van der Waals surface area contributed by atoms with Gasteiger partial charge in [-0.05, 0) is 60.4 Å². The maximum Gasteiger partial charge on any atom is 0.231 e. The van der Waals surface area contributed by atoms with Crippen LogP contribution in [0.25, 0.3) is 0 Å². The smallest absolute Gasteiger partial charge is 0.231 e. The van der Waals surface area contributed by atoms with E-state index in [4.69, 9.17) is 9.47 Å². The zero-order valence-corrected chi connectivity index (χ0v) is 13.8. The van der Waals surface area contributed by atoms with E-state index in [1.165, 1.54) is 13.0 Å². The molecule has 1 aromatic carbocycles. The molecule has 0 bridgehead atoms. The Kier molecular flexibility index (Phi) is 4.50. The second-order valence-corrected chi connectivity index (χ2v) is 6.71. The summed E-state index contributed by atoms with van der Waals surface area (Å²) in [5.74, 6) is 2.93. The summed E-state index contributed by atoms with van der Waals surface area (Å²) < 4.78 is 11.2. The van der Waals surface area contributed by atoms with Gasteiger partial charge in [0.15, 0.2) is 11.5 Å². The first-order valence-corrected chi connectivity index (χ1v) is 8.20. The normalized spacial score (nSPS) is 27.0. The Balaban J connectivity index is 0.000000126. The third-order valence-corrected chi connectivity index (χ3v) is 5.17. The van der Waals surface area contributed by atoms with Gasteiger partial charge in [0.2, 0.25) is 6.79 Å². The average molecular weight is 354 g/mol. The van der Waals surface area contributed by atoms with Crippen molar-refractivity contribution in [3.8, 4) is 11.5 Å². The first-order chi connectivity index (χ1) is 10.1. The maximum absolute atomic E-state index is 11.1. The molecule has 0 spiro atoms. The lowest BCUT2D eigenvalue weighted by atomic mass is 9.84. The van der Waals surface area contributed by atoms with Gasteiger partial charge in [-0.15, -0.1) is 0 Å². The highest BCUT2D eigenvalue weighted by molar-refractivity contribution is 9.10. The summed E-state index contributed by atoms with van der Waals surface area (Å²) in [6.07, 6.45) is 4.12. The highest BCUT2D eigenvalue weighted by Crippen LogP contribution is 2.38. The average Bonchev–Trinajstić information content (AvgIpc) is 3.08. The number of carbonyl (C=O) groups is 1. The van der Waals surface area contributed by atoms with Crippen molar-refractivity contribution >= 4 is 21.7 Å². The number of ether oxygens (including phenoxy) is 2. The first kappa shape index (κ1) is 14.9. The molecule has 2 atom stereocenters. The number of benzene rings is 1. The Labute approximate surface area is 133 Å². The molecule has 1 saturated carbocycles. The van der Waals surface area contributed by atoms with Crippen molar-refractivity contribution < 1.29 is 14.3 Å². The van der Waals surface area contributed by atoms with Crippen molar-refractivity contribution in [1.82, 2.24) is 4.90 Å². The Hall–Kier alpha value is -1.07. The van der Waals surface area contributed by atoms with Crippen LogP contribution in [0.15, 0.2) is 22.7 Å². The maximum atomic E-state index is 11.1. The molecule has 1 aliphatic carbocycles. The van der Waals surface area contributed by atoms with Gasteiger partial charge in [0.05, 0.1) is 4.47 Å². The standard InChI is InChI=1S/C9H15NO.C7H5BrO2/c1-10-5-4-7-2-3-8(11)6-9(7)10;8-5-2-1-3-6-7(5)10-4-9-6/h7,9H,2-6H2,1H3;1-3H,4H2. The fraction of sp³-hybridized carbons (Fsp3) is 0.562. The third-order valence-electron chi connectivity index (χ3n) is 4.54. The van der Waals surface area contributed by atoms with E-state index in [1.54, 1.807) is 0 Å². The molecular weight excluding hydrogens is 334 g/mol. The summed E-state index contributed by atoms with van der Waals surface area (Å²) in [4.78, 5) is 13.5. The lowest BCUT2D eigenvalue weighted by Gasteiger charge is -2.28. The van der Waals surface area contributed by atoms with E-state index in [0.29, 0.717) is 18.6 Å². The van der Waals surface area contributed by atoms with Crippen molar-refractivity contribution in [1.29, 1.82) is 0 Å². The first-order valence-electron chi connectivity index (χ1n) is 7.41. The minimum absolute atomic E-state index is 0.331. The quantitative estimate of drug-likeness (QED) is 0.717. The molecule has 0 N–H and O–H groups in total. The Bertz CT molecular complexity index is 534. The van der Waals surface area contributed by atoms with E-state index in [-0.39, 0.29) is 0 Å². The fourth-order valence-electron chi connectivity index (χ4n) is 3.32. The molecule has 114 valence electrons. The Morgan fingerprint density at radius 2 is 2.14 bits per heavy atom. The van der Waals surface area contributed by atoms with E-state index in [0.717, 1.165) is 41.2 Å². The minimum atomic E-state index is 0.331. The van der Waals surface area contributed by atoms with Crippen molar-refractivity contribution in [3.05, 3.63) is 22.7 Å². The summed E-state index contributed by atoms with van der Waals surface area (Å²) in [5.41, 5.74) is 0. The molecule has 5 heteroatoms. The lowest BCUT2D eigenvalue weighted by molar-refractivity contribution is -0.122. The van der Waals surface area contributed by atoms with Gasteiger partial charge < -0.3 is 14.4 Å². The number of carbonyl (C=O) groups excluding carboxylic acids is 1. The van der Waals surface area contributed by atoms with Gasteiger partial charge in [0, 0.05) is 18.9 Å². The van der Waals surface area contributed by atoms with Gasteiger partial charge in [0.1, 0.15) is 5.78 Å². The molecule has 2 aliphatic heterocycles. The van der Waals surface area contributed by atoms with E-state index < -0.39 is 0 Å². The number of para-hydroxylation sites is 1. The van der Waals surface area contributed by atoms with E-state index >= 15 is 0 Å². The predicted molar refractivity (Wildman–Crippen MR) is 83.6 cm³/mol. The van der Waals surface area contributed by atoms with Crippen LogP contribution in [0.5, 0.6) is 11.5 Å². The molecule has 2 unspecified atom stereocenters. The molecule has 0 amide bonds. The van der Waals surface area contributed by atoms with Crippen molar-refractivity contribution in [2.24, 2.45) is 5.92 Å². The molecular formula is C16H20BrNO3. The van der Waals surface area contributed by atoms with Crippen LogP contribution in [-0.4, -0.2) is 37.1 Å². The molecule has 4 nitrogen and oxygen atoms in total. The van der Waals surface area contributed by atoms with Crippen molar-refractivity contribution in [2.75, 3.05) is 20.4 Å². The zero-order chi connectivity index (χ0) is 14.8. The van der Waals surface area contributed by atoms with E-state index in [1.807, 2.05) is 18.2 Å². The number of fused-ring (bicyclic) bond motifs is 2. The second-order valence-electron chi connectivity index (χ2n) is 5.85. The van der Waals surface area contributed by atoms with Crippen LogP contribution in [-0.2, 0) is 4.79 Å². The predicted octanol–water partition coefficient (Wildman–Crippen LogP) is 3.24. The molecule has 4 rings (SSSR count). The summed E-state index contributed by atoms with van der Waals surface area (Å²) in [6, 6.07) is 6.31. The Morgan fingerprint density at radius 3 is 2.95 bits per heavy atom. The van der Waals surface area contributed by atoms with Crippen molar-refractivity contribution in [2.45, 2.75) is 31.7 Å². The number of hydrogen-bond donors (Lipinski definition) is 0. The van der Waals surface area contributed by atoms with E-state index in [2.05, 4.69) is 27.9 Å². The second kappa shape index (κ2) is 6.36. The Morgan fingerprint density at radius 1 is 1.29 bits per heavy atom. The summed E-state index contributed by atoms with van der Waals surface area (Å²) in [6.45, 7) is 1.53. The highest BCUT2D eigenvalue weighted by atomic mass is 79.9. The molecule has 21 heavy (non-hydrogen) atoms. The monoisotopic (exact) mass is 353 g/mol. The number of rotatable bonds is 0. The fourth-order valence-corrected chi connectivity index (χ4v) is 3.79. The van der Waals surface area contributed by atoms with Crippen LogP contribution in [0.4, 0.5) is 0 Å². The molecule has 0 radical (unpaired) electrons.